The summed E-state index contributed by atoms with van der Waals surface area (Å²) in [5, 5.41) is 8.47. The number of hydrogen-bond donors (Lipinski definition) is 3. The Morgan fingerprint density at radius 2 is 1.50 bits per heavy atom. The van der Waals surface area contributed by atoms with Gasteiger partial charge < -0.3 is 20.1 Å². The normalized spacial score (nSPS) is 10.0. The summed E-state index contributed by atoms with van der Waals surface area (Å²) in [6.45, 7) is 2.27. The monoisotopic (exact) mass is 449 g/mol. The molecule has 3 aromatic carbocycles. The van der Waals surface area contributed by atoms with Gasteiger partial charge in [0, 0.05) is 16.9 Å². The molecule has 3 aromatic rings. The number of rotatable bonds is 8. The second kappa shape index (κ2) is 11.5. The summed E-state index contributed by atoms with van der Waals surface area (Å²) >= 11 is 5.24. The average molecular weight is 450 g/mol. The molecular formula is C24H23N3O4S. The van der Waals surface area contributed by atoms with Crippen molar-refractivity contribution < 1.29 is 19.1 Å². The number of benzene rings is 3. The first-order valence-electron chi connectivity index (χ1n) is 9.96. The van der Waals surface area contributed by atoms with Crippen LogP contribution in [-0.4, -0.2) is 30.1 Å². The fourth-order valence-electron chi connectivity index (χ4n) is 2.77. The maximum Gasteiger partial charge on any atom is 0.262 e. The van der Waals surface area contributed by atoms with E-state index in [2.05, 4.69) is 16.0 Å². The van der Waals surface area contributed by atoms with Crippen LogP contribution >= 0.6 is 12.2 Å². The van der Waals surface area contributed by atoms with Gasteiger partial charge in [-0.05, 0) is 67.7 Å². The van der Waals surface area contributed by atoms with E-state index >= 15 is 0 Å². The van der Waals surface area contributed by atoms with Crippen LogP contribution in [0.2, 0.25) is 0 Å². The number of ether oxygens (including phenoxy) is 2. The standard InChI is InChI=1S/C24H23N3O4S/c1-2-30-21-13-6-8-17(14-21)23(29)27-24(32)26-19-10-7-9-18(15-19)25-22(28)16-31-20-11-4-3-5-12-20/h3-15H,2,16H2,1H3,(H,25,28)(H2,26,27,29,32). The minimum atomic E-state index is -0.355. The van der Waals surface area contributed by atoms with Crippen molar-refractivity contribution in [3.05, 3.63) is 84.4 Å². The predicted octanol–water partition coefficient (Wildman–Crippen LogP) is 4.23. The molecule has 7 nitrogen and oxygen atoms in total. The number of nitrogens with one attached hydrogen (secondary N) is 3. The van der Waals surface area contributed by atoms with Crippen molar-refractivity contribution >= 4 is 40.5 Å². The minimum absolute atomic E-state index is 0.114. The zero-order valence-corrected chi connectivity index (χ0v) is 18.3. The molecule has 0 saturated carbocycles. The van der Waals surface area contributed by atoms with Gasteiger partial charge in [0.2, 0.25) is 0 Å². The average Bonchev–Trinajstić information content (AvgIpc) is 2.79. The van der Waals surface area contributed by atoms with Crippen LogP contribution in [0, 0.1) is 0 Å². The fourth-order valence-corrected chi connectivity index (χ4v) is 2.98. The van der Waals surface area contributed by atoms with Crippen LogP contribution in [-0.2, 0) is 4.79 Å². The quantitative estimate of drug-likeness (QED) is 0.446. The van der Waals surface area contributed by atoms with E-state index < -0.39 is 0 Å². The van der Waals surface area contributed by atoms with Crippen molar-refractivity contribution in [2.75, 3.05) is 23.8 Å². The molecule has 0 aliphatic rings. The summed E-state index contributed by atoms with van der Waals surface area (Å²) < 4.78 is 10.9. The van der Waals surface area contributed by atoms with Crippen LogP contribution in [0.5, 0.6) is 11.5 Å². The van der Waals surface area contributed by atoms with E-state index in [1.165, 1.54) is 0 Å². The lowest BCUT2D eigenvalue weighted by molar-refractivity contribution is -0.118. The van der Waals surface area contributed by atoms with Crippen LogP contribution in [0.15, 0.2) is 78.9 Å². The highest BCUT2D eigenvalue weighted by molar-refractivity contribution is 7.80. The van der Waals surface area contributed by atoms with E-state index in [0.717, 1.165) is 0 Å². The first kappa shape index (κ1) is 22.8. The van der Waals surface area contributed by atoms with E-state index in [4.69, 9.17) is 21.7 Å². The Morgan fingerprint density at radius 3 is 2.25 bits per heavy atom. The smallest absolute Gasteiger partial charge is 0.262 e. The van der Waals surface area contributed by atoms with E-state index in [0.29, 0.717) is 35.0 Å². The molecule has 0 spiro atoms. The molecule has 0 aromatic heterocycles. The lowest BCUT2D eigenvalue weighted by Crippen LogP contribution is -2.34. The fraction of sp³-hybridized carbons (Fsp3) is 0.125. The summed E-state index contributed by atoms with van der Waals surface area (Å²) in [7, 11) is 0. The summed E-state index contributed by atoms with van der Waals surface area (Å²) in [6, 6.07) is 22.9. The van der Waals surface area contributed by atoms with Crippen LogP contribution in [0.25, 0.3) is 0 Å². The van der Waals surface area contributed by atoms with Gasteiger partial charge in [0.15, 0.2) is 11.7 Å². The number of thiocarbonyl (C=S) groups is 1. The number of anilines is 2. The molecule has 0 unspecified atom stereocenters. The van der Waals surface area contributed by atoms with Crippen molar-refractivity contribution in [2.24, 2.45) is 0 Å². The third-order valence-corrected chi connectivity index (χ3v) is 4.36. The van der Waals surface area contributed by atoms with Crippen LogP contribution in [0.1, 0.15) is 17.3 Å². The lowest BCUT2D eigenvalue weighted by Gasteiger charge is -2.12. The molecule has 0 heterocycles. The molecule has 0 saturated heterocycles. The van der Waals surface area contributed by atoms with E-state index in [-0.39, 0.29) is 23.5 Å². The minimum Gasteiger partial charge on any atom is -0.494 e. The number of carbonyl (C=O) groups excluding carboxylic acids is 2. The maximum atomic E-state index is 12.4. The van der Waals surface area contributed by atoms with Crippen LogP contribution in [0.4, 0.5) is 11.4 Å². The first-order valence-corrected chi connectivity index (χ1v) is 10.4. The Balaban J connectivity index is 1.52. The third kappa shape index (κ3) is 7.10. The molecule has 0 bridgehead atoms. The molecule has 0 aliphatic heterocycles. The largest absolute Gasteiger partial charge is 0.494 e. The van der Waals surface area contributed by atoms with Crippen molar-refractivity contribution in [1.82, 2.24) is 5.32 Å². The lowest BCUT2D eigenvalue weighted by atomic mass is 10.2. The second-order valence-electron chi connectivity index (χ2n) is 6.60. The second-order valence-corrected chi connectivity index (χ2v) is 7.01. The van der Waals surface area contributed by atoms with Crippen molar-refractivity contribution in [2.45, 2.75) is 6.92 Å². The van der Waals surface area contributed by atoms with Gasteiger partial charge in [-0.2, -0.15) is 0 Å². The maximum absolute atomic E-state index is 12.4. The molecule has 0 radical (unpaired) electrons. The number of amides is 2. The van der Waals surface area contributed by atoms with Gasteiger partial charge >= 0.3 is 0 Å². The molecule has 0 aliphatic carbocycles. The zero-order valence-electron chi connectivity index (χ0n) is 17.5. The van der Waals surface area contributed by atoms with Crippen molar-refractivity contribution in [3.8, 4) is 11.5 Å². The van der Waals surface area contributed by atoms with Gasteiger partial charge in [-0.1, -0.05) is 30.3 Å². The Kier molecular flexibility index (Phi) is 8.16. The zero-order chi connectivity index (χ0) is 22.8. The Hall–Kier alpha value is -3.91. The van der Waals surface area contributed by atoms with Crippen molar-refractivity contribution in [1.29, 1.82) is 0 Å². The van der Waals surface area contributed by atoms with Crippen LogP contribution < -0.4 is 25.4 Å². The topological polar surface area (TPSA) is 88.7 Å². The van der Waals surface area contributed by atoms with Crippen LogP contribution in [0.3, 0.4) is 0 Å². The summed E-state index contributed by atoms with van der Waals surface area (Å²) in [5.41, 5.74) is 1.61. The third-order valence-electron chi connectivity index (χ3n) is 4.15. The Labute approximate surface area is 191 Å². The highest BCUT2D eigenvalue weighted by Crippen LogP contribution is 2.16. The SMILES string of the molecule is CCOc1cccc(C(=O)NC(=S)Nc2cccc(NC(=O)COc3ccccc3)c2)c1. The molecule has 8 heteroatoms. The van der Waals surface area contributed by atoms with E-state index in [1.807, 2.05) is 25.1 Å². The van der Waals surface area contributed by atoms with Gasteiger partial charge in [0.1, 0.15) is 11.5 Å². The molecule has 3 rings (SSSR count). The van der Waals surface area contributed by atoms with Gasteiger partial charge in [0.25, 0.3) is 11.8 Å². The van der Waals surface area contributed by atoms with Gasteiger partial charge in [-0.15, -0.1) is 0 Å². The molecule has 2 amide bonds. The molecule has 0 atom stereocenters. The van der Waals surface area contributed by atoms with Gasteiger partial charge in [-0.3, -0.25) is 14.9 Å². The Morgan fingerprint density at radius 1 is 0.812 bits per heavy atom. The highest BCUT2D eigenvalue weighted by Gasteiger charge is 2.10. The van der Waals surface area contributed by atoms with E-state index in [9.17, 15) is 9.59 Å². The highest BCUT2D eigenvalue weighted by atomic mass is 32.1. The number of carbonyl (C=O) groups is 2. The number of para-hydroxylation sites is 1. The molecule has 164 valence electrons. The summed E-state index contributed by atoms with van der Waals surface area (Å²) in [6.07, 6.45) is 0. The summed E-state index contributed by atoms with van der Waals surface area (Å²) in [5.74, 6) is 0.576. The van der Waals surface area contributed by atoms with Gasteiger partial charge in [-0.25, -0.2) is 0 Å². The molecule has 32 heavy (non-hydrogen) atoms. The Bertz CT molecular complexity index is 1090. The number of hydrogen-bond acceptors (Lipinski definition) is 5. The summed E-state index contributed by atoms with van der Waals surface area (Å²) in [4.78, 5) is 24.6. The first-order chi connectivity index (χ1) is 15.5. The molecule has 0 fully saturated rings. The molecule has 3 N–H and O–H groups in total. The van der Waals surface area contributed by atoms with E-state index in [1.54, 1.807) is 60.7 Å². The molecular weight excluding hydrogens is 426 g/mol. The predicted molar refractivity (Wildman–Crippen MR) is 128 cm³/mol. The van der Waals surface area contributed by atoms with Crippen molar-refractivity contribution in [3.63, 3.8) is 0 Å². The van der Waals surface area contributed by atoms with Gasteiger partial charge in [0.05, 0.1) is 6.61 Å².